The second kappa shape index (κ2) is 8.29. The number of ether oxygens (including phenoxy) is 2. The van der Waals surface area contributed by atoms with Crippen LogP contribution in [0.3, 0.4) is 0 Å². The van der Waals surface area contributed by atoms with Crippen molar-refractivity contribution in [2.45, 2.75) is 6.61 Å². The lowest BCUT2D eigenvalue weighted by Gasteiger charge is -2.07. The molecule has 0 atom stereocenters. The van der Waals surface area contributed by atoms with Crippen LogP contribution in [0.5, 0.6) is 5.75 Å². The van der Waals surface area contributed by atoms with E-state index in [0.717, 1.165) is 11.1 Å². The highest BCUT2D eigenvalue weighted by molar-refractivity contribution is 6.31. The van der Waals surface area contributed by atoms with E-state index in [4.69, 9.17) is 21.1 Å². The van der Waals surface area contributed by atoms with Gasteiger partial charge in [-0.15, -0.1) is 0 Å². The van der Waals surface area contributed by atoms with Crippen molar-refractivity contribution in [3.05, 3.63) is 106 Å². The van der Waals surface area contributed by atoms with E-state index in [9.17, 15) is 9.18 Å². The van der Waals surface area contributed by atoms with E-state index in [1.807, 2.05) is 36.4 Å². The summed E-state index contributed by atoms with van der Waals surface area (Å²) in [4.78, 5) is 16.3. The molecule has 0 N–H and O–H groups in total. The Morgan fingerprint density at radius 2 is 1.72 bits per heavy atom. The standard InChI is InChI=1S/C23H15ClFNO3/c24-20-4-2-1-3-17(20)14-28-19-11-5-15(6-12-19)13-21-23(27)29-22(26-21)16-7-9-18(25)10-8-16/h1-13H,14H2/b21-13-. The van der Waals surface area contributed by atoms with Gasteiger partial charge in [0.05, 0.1) is 0 Å². The number of benzene rings is 3. The normalized spacial score (nSPS) is 14.6. The van der Waals surface area contributed by atoms with Crippen molar-refractivity contribution < 1.29 is 18.7 Å². The molecule has 1 aliphatic rings. The van der Waals surface area contributed by atoms with Crippen LogP contribution in [0.15, 0.2) is 83.5 Å². The highest BCUT2D eigenvalue weighted by atomic mass is 35.5. The van der Waals surface area contributed by atoms with Crippen molar-refractivity contribution in [3.8, 4) is 5.75 Å². The molecule has 1 aliphatic heterocycles. The topological polar surface area (TPSA) is 47.9 Å². The minimum Gasteiger partial charge on any atom is -0.489 e. The second-order valence-corrected chi connectivity index (χ2v) is 6.70. The third kappa shape index (κ3) is 4.52. The fourth-order valence-corrected chi connectivity index (χ4v) is 2.91. The first-order valence-electron chi connectivity index (χ1n) is 8.83. The molecule has 3 aromatic rings. The maximum atomic E-state index is 13.0. The molecule has 1 heterocycles. The van der Waals surface area contributed by atoms with Crippen molar-refractivity contribution in [1.29, 1.82) is 0 Å². The first-order chi connectivity index (χ1) is 14.1. The van der Waals surface area contributed by atoms with Crippen LogP contribution in [-0.4, -0.2) is 11.9 Å². The minimum absolute atomic E-state index is 0.154. The van der Waals surface area contributed by atoms with Crippen LogP contribution in [0.2, 0.25) is 5.02 Å². The van der Waals surface area contributed by atoms with E-state index in [-0.39, 0.29) is 17.4 Å². The number of aliphatic imine (C=N–C) groups is 1. The van der Waals surface area contributed by atoms with Crippen molar-refractivity contribution in [3.63, 3.8) is 0 Å². The van der Waals surface area contributed by atoms with E-state index in [1.165, 1.54) is 24.3 Å². The number of cyclic esters (lactones) is 1. The van der Waals surface area contributed by atoms with Crippen LogP contribution >= 0.6 is 11.6 Å². The number of hydrogen-bond acceptors (Lipinski definition) is 4. The molecular weight excluding hydrogens is 393 g/mol. The highest BCUT2D eigenvalue weighted by Gasteiger charge is 2.24. The summed E-state index contributed by atoms with van der Waals surface area (Å²) in [6, 6.07) is 20.3. The number of carbonyl (C=O) groups is 1. The maximum Gasteiger partial charge on any atom is 0.363 e. The van der Waals surface area contributed by atoms with E-state index < -0.39 is 5.97 Å². The van der Waals surface area contributed by atoms with Crippen LogP contribution in [0, 0.1) is 5.82 Å². The fraction of sp³-hybridized carbons (Fsp3) is 0.0435. The molecule has 0 unspecified atom stereocenters. The molecule has 4 rings (SSSR count). The smallest absolute Gasteiger partial charge is 0.363 e. The lowest BCUT2D eigenvalue weighted by Crippen LogP contribution is -2.05. The summed E-state index contributed by atoms with van der Waals surface area (Å²) in [5.74, 6) is -0.0906. The van der Waals surface area contributed by atoms with E-state index in [2.05, 4.69) is 4.99 Å². The molecule has 0 spiro atoms. The van der Waals surface area contributed by atoms with Gasteiger partial charge in [0.15, 0.2) is 5.70 Å². The number of carbonyl (C=O) groups excluding carboxylic acids is 1. The van der Waals surface area contributed by atoms with Gasteiger partial charge in [0.2, 0.25) is 5.90 Å². The lowest BCUT2D eigenvalue weighted by molar-refractivity contribution is -0.129. The Kier molecular flexibility index (Phi) is 5.40. The van der Waals surface area contributed by atoms with Gasteiger partial charge in [-0.3, -0.25) is 0 Å². The summed E-state index contributed by atoms with van der Waals surface area (Å²) >= 11 is 6.13. The Bertz CT molecular complexity index is 1110. The Hall–Kier alpha value is -3.44. The summed E-state index contributed by atoms with van der Waals surface area (Å²) in [5, 5.41) is 0.656. The molecule has 4 nitrogen and oxygen atoms in total. The fourth-order valence-electron chi connectivity index (χ4n) is 2.72. The van der Waals surface area contributed by atoms with Crippen molar-refractivity contribution in [1.82, 2.24) is 0 Å². The zero-order valence-electron chi connectivity index (χ0n) is 15.1. The minimum atomic E-state index is -0.552. The van der Waals surface area contributed by atoms with Crippen molar-refractivity contribution >= 4 is 29.5 Å². The summed E-state index contributed by atoms with van der Waals surface area (Å²) < 4.78 is 24.0. The number of rotatable bonds is 5. The average Bonchev–Trinajstić information content (AvgIpc) is 3.09. The zero-order chi connectivity index (χ0) is 20.2. The Labute approximate surface area is 171 Å². The molecule has 0 radical (unpaired) electrons. The zero-order valence-corrected chi connectivity index (χ0v) is 15.9. The van der Waals surface area contributed by atoms with Crippen molar-refractivity contribution in [2.75, 3.05) is 0 Å². The van der Waals surface area contributed by atoms with E-state index >= 15 is 0 Å². The Balaban J connectivity index is 1.46. The van der Waals surface area contributed by atoms with Gasteiger partial charge in [-0.25, -0.2) is 14.2 Å². The lowest BCUT2D eigenvalue weighted by atomic mass is 10.2. The molecule has 144 valence electrons. The summed E-state index contributed by atoms with van der Waals surface area (Å²) in [5.41, 5.74) is 2.38. The second-order valence-electron chi connectivity index (χ2n) is 6.29. The van der Waals surface area contributed by atoms with Gasteiger partial charge in [-0.1, -0.05) is 41.9 Å². The highest BCUT2D eigenvalue weighted by Crippen LogP contribution is 2.22. The number of hydrogen-bond donors (Lipinski definition) is 0. The molecule has 0 aliphatic carbocycles. The summed E-state index contributed by atoms with van der Waals surface area (Å²) in [6.07, 6.45) is 1.62. The van der Waals surface area contributed by atoms with Gasteiger partial charge in [-0.2, -0.15) is 0 Å². The Morgan fingerprint density at radius 3 is 2.45 bits per heavy atom. The van der Waals surface area contributed by atoms with Gasteiger partial charge in [0, 0.05) is 16.1 Å². The third-order valence-electron chi connectivity index (χ3n) is 4.25. The van der Waals surface area contributed by atoms with Crippen molar-refractivity contribution in [2.24, 2.45) is 4.99 Å². The predicted molar refractivity (Wildman–Crippen MR) is 109 cm³/mol. The molecule has 29 heavy (non-hydrogen) atoms. The summed E-state index contributed by atoms with van der Waals surface area (Å²) in [6.45, 7) is 0.359. The number of esters is 1. The number of nitrogens with zero attached hydrogens (tertiary/aromatic N) is 1. The molecule has 3 aromatic carbocycles. The maximum absolute atomic E-state index is 13.0. The average molecular weight is 408 g/mol. The van der Waals surface area contributed by atoms with Crippen LogP contribution in [0.25, 0.3) is 6.08 Å². The van der Waals surface area contributed by atoms with Crippen LogP contribution in [0.1, 0.15) is 16.7 Å². The summed E-state index contributed by atoms with van der Waals surface area (Å²) in [7, 11) is 0. The van der Waals surface area contributed by atoms with Gasteiger partial charge >= 0.3 is 5.97 Å². The van der Waals surface area contributed by atoms with Gasteiger partial charge in [0.25, 0.3) is 0 Å². The van der Waals surface area contributed by atoms with E-state index in [1.54, 1.807) is 18.2 Å². The molecule has 0 fully saturated rings. The van der Waals surface area contributed by atoms with E-state index in [0.29, 0.717) is 22.9 Å². The first-order valence-corrected chi connectivity index (χ1v) is 9.21. The molecule has 0 saturated carbocycles. The SMILES string of the molecule is O=C1OC(c2ccc(F)cc2)=N/C1=C\c1ccc(OCc2ccccc2Cl)cc1. The van der Waals surface area contributed by atoms with Crippen LogP contribution < -0.4 is 4.74 Å². The molecule has 0 saturated heterocycles. The molecule has 0 amide bonds. The molecular formula is C23H15ClFNO3. The van der Waals surface area contributed by atoms with Crippen LogP contribution in [-0.2, 0) is 16.1 Å². The monoisotopic (exact) mass is 407 g/mol. The van der Waals surface area contributed by atoms with Gasteiger partial charge < -0.3 is 9.47 Å². The largest absolute Gasteiger partial charge is 0.489 e. The third-order valence-corrected chi connectivity index (χ3v) is 4.62. The van der Waals surface area contributed by atoms with Crippen LogP contribution in [0.4, 0.5) is 4.39 Å². The molecule has 0 aromatic heterocycles. The predicted octanol–water partition coefficient (Wildman–Crippen LogP) is 5.40. The van der Waals surface area contributed by atoms with Gasteiger partial charge in [0.1, 0.15) is 18.2 Å². The van der Waals surface area contributed by atoms with Gasteiger partial charge in [-0.05, 0) is 54.1 Å². The number of halogens is 2. The Morgan fingerprint density at radius 1 is 1.00 bits per heavy atom. The first kappa shape index (κ1) is 18.9. The quantitative estimate of drug-likeness (QED) is 0.420. The molecule has 0 bridgehead atoms. The molecule has 6 heteroatoms.